The van der Waals surface area contributed by atoms with Crippen LogP contribution in [-0.4, -0.2) is 46.5 Å². The lowest BCUT2D eigenvalue weighted by Gasteiger charge is -2.14. The Bertz CT molecular complexity index is 455. The number of hydrogen-bond donors (Lipinski definition) is 2. The molecule has 1 aromatic heterocycles. The highest BCUT2D eigenvalue weighted by Gasteiger charge is 2.17. The molecule has 1 aliphatic rings. The number of carbonyl (C=O) groups excluding carboxylic acids is 1. The van der Waals surface area contributed by atoms with E-state index in [1.54, 1.807) is 0 Å². The summed E-state index contributed by atoms with van der Waals surface area (Å²) in [6, 6.07) is 0. The largest absolute Gasteiger partial charge is 0.481 e. The molecule has 0 saturated carbocycles. The van der Waals surface area contributed by atoms with E-state index < -0.39 is 5.97 Å². The Hall–Kier alpha value is -1.63. The molecule has 1 fully saturated rings. The average Bonchev–Trinajstić information content (AvgIpc) is 3.04. The molecule has 104 valence electrons. The Morgan fingerprint density at radius 1 is 1.42 bits per heavy atom. The van der Waals surface area contributed by atoms with Crippen LogP contribution in [0.5, 0.6) is 0 Å². The number of carboxylic acid groups (broad SMARTS) is 1. The number of nitrogens with one attached hydrogen (secondary N) is 1. The van der Waals surface area contributed by atoms with Crippen molar-refractivity contribution in [2.45, 2.75) is 25.7 Å². The Labute approximate surface area is 115 Å². The van der Waals surface area contributed by atoms with Crippen LogP contribution in [0.3, 0.4) is 0 Å². The molecular weight excluding hydrogens is 266 g/mol. The molecule has 0 aromatic carbocycles. The van der Waals surface area contributed by atoms with E-state index in [1.807, 2.05) is 10.3 Å². The molecule has 6 nitrogen and oxygen atoms in total. The maximum atomic E-state index is 11.8. The normalized spacial score (nSPS) is 14.6. The zero-order valence-corrected chi connectivity index (χ0v) is 11.4. The number of rotatable bonds is 6. The van der Waals surface area contributed by atoms with Gasteiger partial charge in [-0.05, 0) is 12.8 Å². The number of thiazole rings is 1. The van der Waals surface area contributed by atoms with E-state index in [0.717, 1.165) is 31.6 Å². The molecule has 1 aromatic rings. The molecule has 0 aliphatic carbocycles. The highest BCUT2D eigenvalue weighted by atomic mass is 32.1. The van der Waals surface area contributed by atoms with E-state index in [4.69, 9.17) is 5.11 Å². The molecular formula is C12H17N3O3S. The first-order chi connectivity index (χ1) is 9.15. The van der Waals surface area contributed by atoms with Crippen molar-refractivity contribution in [2.75, 3.05) is 25.0 Å². The first kappa shape index (κ1) is 13.8. The van der Waals surface area contributed by atoms with Crippen LogP contribution in [0.15, 0.2) is 5.38 Å². The molecule has 1 saturated heterocycles. The zero-order chi connectivity index (χ0) is 13.7. The molecule has 2 N–H and O–H groups in total. The molecule has 1 aliphatic heterocycles. The molecule has 7 heteroatoms. The summed E-state index contributed by atoms with van der Waals surface area (Å²) in [6.07, 6.45) is 2.67. The van der Waals surface area contributed by atoms with Gasteiger partial charge in [0.25, 0.3) is 0 Å². The number of nitrogens with zero attached hydrogens (tertiary/aromatic N) is 2. The number of hydrogen-bond acceptors (Lipinski definition) is 5. The van der Waals surface area contributed by atoms with Crippen LogP contribution in [0.2, 0.25) is 0 Å². The summed E-state index contributed by atoms with van der Waals surface area (Å²) in [4.78, 5) is 28.4. The molecule has 2 heterocycles. The van der Waals surface area contributed by atoms with E-state index in [-0.39, 0.29) is 18.9 Å². The average molecular weight is 283 g/mol. The number of aliphatic carboxylic acids is 1. The van der Waals surface area contributed by atoms with E-state index >= 15 is 0 Å². The monoisotopic (exact) mass is 283 g/mol. The Balaban J connectivity index is 1.76. The molecule has 0 unspecified atom stereocenters. The number of anilines is 1. The lowest BCUT2D eigenvalue weighted by atomic mass is 10.2. The summed E-state index contributed by atoms with van der Waals surface area (Å²) in [7, 11) is 0. The van der Waals surface area contributed by atoms with Crippen molar-refractivity contribution < 1.29 is 14.7 Å². The third-order valence-electron chi connectivity index (χ3n) is 3.00. The van der Waals surface area contributed by atoms with Gasteiger partial charge in [-0.25, -0.2) is 4.98 Å². The number of aromatic nitrogens is 1. The fraction of sp³-hybridized carbons (Fsp3) is 0.583. The summed E-state index contributed by atoms with van der Waals surface area (Å²) >= 11 is 1.40. The number of carbonyl (C=O) groups is 2. The van der Waals surface area contributed by atoms with Gasteiger partial charge < -0.3 is 15.3 Å². The van der Waals surface area contributed by atoms with Crippen LogP contribution < -0.4 is 5.32 Å². The van der Waals surface area contributed by atoms with Crippen molar-refractivity contribution >= 4 is 28.3 Å². The smallest absolute Gasteiger partial charge is 0.303 e. The summed E-state index contributed by atoms with van der Waals surface area (Å²) in [5.41, 5.74) is 0.753. The first-order valence-electron chi connectivity index (χ1n) is 6.33. The van der Waals surface area contributed by atoms with Gasteiger partial charge in [-0.1, -0.05) is 0 Å². The summed E-state index contributed by atoms with van der Waals surface area (Å²) in [5.74, 6) is -0.730. The minimum atomic E-state index is -0.827. The zero-order valence-electron chi connectivity index (χ0n) is 10.6. The van der Waals surface area contributed by atoms with Gasteiger partial charge in [-0.3, -0.25) is 9.59 Å². The van der Waals surface area contributed by atoms with Crippen LogP contribution >= 0.6 is 11.3 Å². The molecule has 19 heavy (non-hydrogen) atoms. The second kappa shape index (κ2) is 6.51. The number of likely N-dealkylation sites (tertiary alicyclic amines) is 1. The second-order valence-corrected chi connectivity index (χ2v) is 5.34. The third kappa shape index (κ3) is 4.20. The second-order valence-electron chi connectivity index (χ2n) is 4.48. The van der Waals surface area contributed by atoms with E-state index in [1.165, 1.54) is 11.3 Å². The quantitative estimate of drug-likeness (QED) is 0.819. The molecule has 1 amide bonds. The predicted octanol–water partition coefficient (Wildman–Crippen LogP) is 1.19. The van der Waals surface area contributed by atoms with Crippen molar-refractivity contribution in [1.29, 1.82) is 0 Å². The predicted molar refractivity (Wildman–Crippen MR) is 72.4 cm³/mol. The van der Waals surface area contributed by atoms with Crippen LogP contribution in [0.1, 0.15) is 25.0 Å². The van der Waals surface area contributed by atoms with Gasteiger partial charge >= 0.3 is 5.97 Å². The van der Waals surface area contributed by atoms with Crippen molar-refractivity contribution in [1.82, 2.24) is 9.88 Å². The molecule has 2 rings (SSSR count). The van der Waals surface area contributed by atoms with Gasteiger partial charge in [0, 0.05) is 24.9 Å². The van der Waals surface area contributed by atoms with Crippen LogP contribution in [0.4, 0.5) is 5.13 Å². The van der Waals surface area contributed by atoms with Crippen molar-refractivity contribution in [3.8, 4) is 0 Å². The maximum absolute atomic E-state index is 11.8. The summed E-state index contributed by atoms with van der Waals surface area (Å²) < 4.78 is 0. The van der Waals surface area contributed by atoms with E-state index in [2.05, 4.69) is 10.3 Å². The van der Waals surface area contributed by atoms with Gasteiger partial charge in [0.15, 0.2) is 5.13 Å². The molecule has 0 radical (unpaired) electrons. The highest BCUT2D eigenvalue weighted by molar-refractivity contribution is 7.13. The Morgan fingerprint density at radius 3 is 2.84 bits per heavy atom. The third-order valence-corrected chi connectivity index (χ3v) is 3.85. The Kier molecular flexibility index (Phi) is 4.73. The van der Waals surface area contributed by atoms with Gasteiger partial charge in [-0.2, -0.15) is 0 Å². The number of amides is 1. The van der Waals surface area contributed by atoms with Gasteiger partial charge in [0.05, 0.1) is 18.7 Å². The van der Waals surface area contributed by atoms with Gasteiger partial charge in [0.2, 0.25) is 5.91 Å². The lowest BCUT2D eigenvalue weighted by Crippen LogP contribution is -2.32. The van der Waals surface area contributed by atoms with Crippen molar-refractivity contribution in [2.24, 2.45) is 0 Å². The van der Waals surface area contributed by atoms with Crippen LogP contribution in [0.25, 0.3) is 0 Å². The minimum Gasteiger partial charge on any atom is -0.481 e. The number of aryl methyl sites for hydroxylation is 1. The Morgan fingerprint density at radius 2 is 2.16 bits per heavy atom. The molecule has 0 spiro atoms. The fourth-order valence-corrected chi connectivity index (χ4v) is 2.71. The fourth-order valence-electron chi connectivity index (χ4n) is 1.97. The van der Waals surface area contributed by atoms with Crippen molar-refractivity contribution in [3.63, 3.8) is 0 Å². The van der Waals surface area contributed by atoms with Gasteiger partial charge in [0.1, 0.15) is 0 Å². The standard InChI is InChI=1S/C12H17N3O3S/c16-10(15-5-1-2-6-15)7-13-12-14-9(8-19-12)3-4-11(17)18/h8H,1-7H2,(H,13,14)(H,17,18). The van der Waals surface area contributed by atoms with Crippen LogP contribution in [0, 0.1) is 0 Å². The maximum Gasteiger partial charge on any atom is 0.303 e. The molecule has 0 bridgehead atoms. The SMILES string of the molecule is O=C(O)CCc1csc(NCC(=O)N2CCCC2)n1. The van der Waals surface area contributed by atoms with Crippen molar-refractivity contribution in [3.05, 3.63) is 11.1 Å². The van der Waals surface area contributed by atoms with E-state index in [0.29, 0.717) is 11.6 Å². The molecule has 0 atom stereocenters. The lowest BCUT2D eigenvalue weighted by molar-refractivity contribution is -0.137. The topological polar surface area (TPSA) is 82.5 Å². The summed E-state index contributed by atoms with van der Waals surface area (Å²) in [6.45, 7) is 1.95. The van der Waals surface area contributed by atoms with Gasteiger partial charge in [-0.15, -0.1) is 11.3 Å². The van der Waals surface area contributed by atoms with E-state index in [9.17, 15) is 9.59 Å². The highest BCUT2D eigenvalue weighted by Crippen LogP contribution is 2.16. The summed E-state index contributed by atoms with van der Waals surface area (Å²) in [5, 5.41) is 14.1. The van der Waals surface area contributed by atoms with Crippen LogP contribution in [-0.2, 0) is 16.0 Å². The minimum absolute atomic E-state index is 0.0792. The first-order valence-corrected chi connectivity index (χ1v) is 7.21. The number of carboxylic acids is 1.